The van der Waals surface area contributed by atoms with E-state index in [2.05, 4.69) is 36.0 Å². The van der Waals surface area contributed by atoms with E-state index in [0.717, 1.165) is 16.9 Å². The molecule has 1 aliphatic heterocycles. The minimum atomic E-state index is -0.921. The van der Waals surface area contributed by atoms with Crippen molar-refractivity contribution in [2.45, 2.75) is 37.4 Å². The average Bonchev–Trinajstić information content (AvgIpc) is 3.38. The summed E-state index contributed by atoms with van der Waals surface area (Å²) >= 11 is 0. The second kappa shape index (κ2) is 9.29. The summed E-state index contributed by atoms with van der Waals surface area (Å²) < 4.78 is 6.73. The Hall–Kier alpha value is -4.07. The van der Waals surface area contributed by atoms with Crippen LogP contribution in [0.5, 0.6) is 5.75 Å². The van der Waals surface area contributed by atoms with E-state index in [-0.39, 0.29) is 11.0 Å². The molecule has 1 saturated carbocycles. The zero-order chi connectivity index (χ0) is 27.5. The van der Waals surface area contributed by atoms with E-state index in [1.807, 2.05) is 55.6 Å². The highest BCUT2D eigenvalue weighted by Gasteiger charge is 2.52. The zero-order valence-electron chi connectivity index (χ0n) is 22.5. The van der Waals surface area contributed by atoms with Crippen molar-refractivity contribution in [1.29, 1.82) is 0 Å². The third kappa shape index (κ3) is 3.84. The topological polar surface area (TPSA) is 90.7 Å². The minimum absolute atomic E-state index is 0.278. The molecule has 3 aromatic carbocycles. The summed E-state index contributed by atoms with van der Waals surface area (Å²) in [7, 11) is 3.61. The molecule has 2 unspecified atom stereocenters. The lowest BCUT2D eigenvalue weighted by Gasteiger charge is -2.45. The predicted octanol–water partition coefficient (Wildman–Crippen LogP) is 4.59. The summed E-state index contributed by atoms with van der Waals surface area (Å²) in [6.45, 7) is 4.31. The molecule has 0 amide bonds. The Morgan fingerprint density at radius 2 is 1.56 bits per heavy atom. The van der Waals surface area contributed by atoms with Crippen molar-refractivity contribution in [2.24, 2.45) is 5.92 Å². The van der Waals surface area contributed by atoms with E-state index in [1.165, 1.54) is 10.2 Å². The van der Waals surface area contributed by atoms with Crippen molar-refractivity contribution in [3.05, 3.63) is 112 Å². The number of nitrogens with zero attached hydrogens (tertiary/aromatic N) is 2. The predicted molar refractivity (Wildman–Crippen MR) is 153 cm³/mol. The van der Waals surface area contributed by atoms with Crippen LogP contribution in [0.2, 0.25) is 0 Å². The van der Waals surface area contributed by atoms with Gasteiger partial charge in [-0.1, -0.05) is 68.5 Å². The molecular weight excluding hydrogens is 490 g/mol. The fraction of sp³-hybridized carbons (Fsp3) is 0.281. The lowest BCUT2D eigenvalue weighted by atomic mass is 9.64. The van der Waals surface area contributed by atoms with Crippen LogP contribution in [-0.4, -0.2) is 46.4 Å². The number of hydrogen-bond donors (Lipinski definition) is 3. The highest BCUT2D eigenvalue weighted by Crippen LogP contribution is 2.50. The number of anilines is 1. The standard InChI is InChI=1S/C32H33N3O4/c1-32(2)23-12-8-9-13-24(23)34(3)25(32)18-22-29(36)27(30(22)37)26-28(19-10-6-5-7-11-19)33-35(31(26)38)20-14-16-21(39-4)17-15-20/h5-18,22,27,29-30,33,36-37H,1-4H3/b25-18+. The number of allylic oxidation sites excluding steroid dienone is 1. The molecule has 7 heteroatoms. The quantitative estimate of drug-likeness (QED) is 0.356. The number of methoxy groups -OCH3 is 1. The van der Waals surface area contributed by atoms with Gasteiger partial charge in [0.05, 0.1) is 36.3 Å². The molecular formula is C32H33N3O4. The Morgan fingerprint density at radius 1 is 0.923 bits per heavy atom. The molecule has 0 saturated heterocycles. The molecule has 2 heterocycles. The minimum Gasteiger partial charge on any atom is -0.497 e. The largest absolute Gasteiger partial charge is 0.497 e. The van der Waals surface area contributed by atoms with Crippen LogP contribution in [0.4, 0.5) is 5.69 Å². The molecule has 6 rings (SSSR count). The first-order valence-electron chi connectivity index (χ1n) is 13.2. The fourth-order valence-corrected chi connectivity index (χ4v) is 6.26. The second-order valence-electron chi connectivity index (χ2n) is 10.9. The molecule has 39 heavy (non-hydrogen) atoms. The van der Waals surface area contributed by atoms with E-state index in [0.29, 0.717) is 22.7 Å². The average molecular weight is 524 g/mol. The lowest BCUT2D eigenvalue weighted by molar-refractivity contribution is -0.0948. The van der Waals surface area contributed by atoms with Gasteiger partial charge < -0.3 is 19.8 Å². The maximum atomic E-state index is 13.9. The number of ether oxygens (including phenoxy) is 1. The van der Waals surface area contributed by atoms with Crippen LogP contribution in [0, 0.1) is 5.92 Å². The first-order valence-corrected chi connectivity index (χ1v) is 13.2. The summed E-state index contributed by atoms with van der Waals surface area (Å²) in [4.78, 5) is 16.0. The highest BCUT2D eigenvalue weighted by molar-refractivity contribution is 5.70. The number of fused-ring (bicyclic) bond motifs is 1. The second-order valence-corrected chi connectivity index (χ2v) is 10.9. The number of hydrogen-bond acceptors (Lipinski definition) is 5. The maximum Gasteiger partial charge on any atom is 0.275 e. The number of aliphatic hydroxyl groups excluding tert-OH is 2. The molecule has 3 N–H and O–H groups in total. The van der Waals surface area contributed by atoms with Gasteiger partial charge in [-0.2, -0.15) is 0 Å². The summed E-state index contributed by atoms with van der Waals surface area (Å²) in [6, 6.07) is 25.0. The molecule has 2 aliphatic rings. The Kier molecular flexibility index (Phi) is 6.01. The van der Waals surface area contributed by atoms with Gasteiger partial charge in [0.15, 0.2) is 0 Å². The van der Waals surface area contributed by atoms with Crippen LogP contribution in [0.1, 0.15) is 30.9 Å². The Morgan fingerprint density at radius 3 is 2.21 bits per heavy atom. The van der Waals surface area contributed by atoms with Crippen LogP contribution in [-0.2, 0) is 5.41 Å². The van der Waals surface area contributed by atoms with Gasteiger partial charge >= 0.3 is 0 Å². The monoisotopic (exact) mass is 523 g/mol. The summed E-state index contributed by atoms with van der Waals surface area (Å²) in [5.41, 5.74) is 5.21. The van der Waals surface area contributed by atoms with Gasteiger partial charge in [0.2, 0.25) is 0 Å². The van der Waals surface area contributed by atoms with Gasteiger partial charge in [-0.3, -0.25) is 9.89 Å². The molecule has 200 valence electrons. The van der Waals surface area contributed by atoms with Crippen LogP contribution in [0.3, 0.4) is 0 Å². The van der Waals surface area contributed by atoms with Crippen LogP contribution >= 0.6 is 0 Å². The number of aliphatic hydroxyl groups is 2. The smallest absolute Gasteiger partial charge is 0.275 e. The lowest BCUT2D eigenvalue weighted by Crippen LogP contribution is -2.54. The number of aromatic nitrogens is 2. The SMILES string of the molecule is COc1ccc(-n2[nH]c(-c3ccccc3)c(C3C(O)C(/C=C4/N(C)c5ccccc5C4(C)C)C3O)c2=O)cc1. The normalized spacial score (nSPS) is 24.5. The molecule has 0 bridgehead atoms. The van der Waals surface area contributed by atoms with Gasteiger partial charge in [0.25, 0.3) is 5.56 Å². The third-order valence-electron chi connectivity index (χ3n) is 8.47. The highest BCUT2D eigenvalue weighted by atomic mass is 16.5. The van der Waals surface area contributed by atoms with Crippen molar-refractivity contribution < 1.29 is 14.9 Å². The number of likely N-dealkylation sites (N-methyl/N-ethyl adjacent to an activating group) is 1. The first kappa shape index (κ1) is 25.2. The molecule has 0 spiro atoms. The van der Waals surface area contributed by atoms with Gasteiger partial charge in [-0.15, -0.1) is 0 Å². The molecule has 0 radical (unpaired) electrons. The number of H-pyrrole nitrogens is 1. The van der Waals surface area contributed by atoms with Crippen molar-refractivity contribution in [3.63, 3.8) is 0 Å². The molecule has 7 nitrogen and oxygen atoms in total. The third-order valence-corrected chi connectivity index (χ3v) is 8.47. The summed E-state index contributed by atoms with van der Waals surface area (Å²) in [6.07, 6.45) is 0.147. The first-order chi connectivity index (χ1) is 18.7. The Bertz CT molecular complexity index is 1590. The summed E-state index contributed by atoms with van der Waals surface area (Å²) in [5, 5.41) is 26.2. The van der Waals surface area contributed by atoms with Crippen LogP contribution in [0.15, 0.2) is 95.4 Å². The Balaban J connectivity index is 1.40. The maximum absolute atomic E-state index is 13.9. The molecule has 2 atom stereocenters. The van der Waals surface area contributed by atoms with Crippen LogP contribution < -0.4 is 15.2 Å². The van der Waals surface area contributed by atoms with Gasteiger partial charge in [-0.05, 0) is 41.5 Å². The van der Waals surface area contributed by atoms with Crippen molar-refractivity contribution >= 4 is 5.69 Å². The van der Waals surface area contributed by atoms with Crippen molar-refractivity contribution in [2.75, 3.05) is 19.1 Å². The van der Waals surface area contributed by atoms with E-state index in [9.17, 15) is 15.0 Å². The van der Waals surface area contributed by atoms with E-state index >= 15 is 0 Å². The number of benzene rings is 3. The van der Waals surface area contributed by atoms with Crippen molar-refractivity contribution in [1.82, 2.24) is 9.78 Å². The molecule has 1 aliphatic carbocycles. The zero-order valence-corrected chi connectivity index (χ0v) is 22.5. The summed E-state index contributed by atoms with van der Waals surface area (Å²) in [5.74, 6) is -0.555. The number of para-hydroxylation sites is 1. The van der Waals surface area contributed by atoms with E-state index < -0.39 is 24.0 Å². The van der Waals surface area contributed by atoms with Gasteiger partial charge in [0.1, 0.15) is 5.75 Å². The number of aromatic amines is 1. The Labute approximate surface area is 227 Å². The fourth-order valence-electron chi connectivity index (χ4n) is 6.26. The van der Waals surface area contributed by atoms with Gasteiger partial charge in [-0.25, -0.2) is 4.68 Å². The van der Waals surface area contributed by atoms with Crippen molar-refractivity contribution in [3.8, 4) is 22.7 Å². The van der Waals surface area contributed by atoms with Crippen LogP contribution in [0.25, 0.3) is 16.9 Å². The molecule has 4 aromatic rings. The number of nitrogens with one attached hydrogen (secondary N) is 1. The van der Waals surface area contributed by atoms with E-state index in [1.54, 1.807) is 31.4 Å². The number of rotatable bonds is 5. The molecule has 1 fully saturated rings. The molecule has 1 aromatic heterocycles. The van der Waals surface area contributed by atoms with E-state index in [4.69, 9.17) is 4.74 Å². The van der Waals surface area contributed by atoms with Gasteiger partial charge in [0, 0.05) is 35.7 Å².